The summed E-state index contributed by atoms with van der Waals surface area (Å²) in [5, 5.41) is 0. The van der Waals surface area contributed by atoms with E-state index in [1.165, 1.54) is 12.0 Å². The van der Waals surface area contributed by atoms with E-state index in [0.717, 1.165) is 24.2 Å². The van der Waals surface area contributed by atoms with Crippen LogP contribution in [0.3, 0.4) is 0 Å². The quantitative estimate of drug-likeness (QED) is 0.761. The topological polar surface area (TPSA) is 18.5 Å². The van der Waals surface area contributed by atoms with Crippen LogP contribution in [0, 0.1) is 5.92 Å². The highest BCUT2D eigenvalue weighted by atomic mass is 16.7. The van der Waals surface area contributed by atoms with Crippen LogP contribution in [0.2, 0.25) is 0 Å². The molecule has 2 nitrogen and oxygen atoms in total. The molecule has 1 heterocycles. The second-order valence-corrected chi connectivity index (χ2v) is 5.97. The molecule has 0 spiro atoms. The molecule has 2 heteroatoms. The summed E-state index contributed by atoms with van der Waals surface area (Å²) >= 11 is 0. The first-order valence-electron chi connectivity index (χ1n) is 8.04. The number of benzene rings is 2. The first-order chi connectivity index (χ1) is 10.9. The van der Waals surface area contributed by atoms with Crippen molar-refractivity contribution in [3.8, 4) is 0 Å². The number of hydrogen-bond donors (Lipinski definition) is 0. The van der Waals surface area contributed by atoms with E-state index in [2.05, 4.69) is 48.5 Å². The first-order valence-corrected chi connectivity index (χ1v) is 8.04. The summed E-state index contributed by atoms with van der Waals surface area (Å²) in [6.45, 7) is 0. The Bertz CT molecular complexity index is 648. The van der Waals surface area contributed by atoms with E-state index in [0.29, 0.717) is 5.92 Å². The Morgan fingerprint density at radius 3 is 2.23 bits per heavy atom. The summed E-state index contributed by atoms with van der Waals surface area (Å²) in [6, 6.07) is 20.7. The van der Waals surface area contributed by atoms with Gasteiger partial charge in [0.25, 0.3) is 0 Å². The second kappa shape index (κ2) is 5.98. The average molecular weight is 292 g/mol. The summed E-state index contributed by atoms with van der Waals surface area (Å²) in [6.07, 6.45) is 5.46. The van der Waals surface area contributed by atoms with Crippen LogP contribution in [-0.4, -0.2) is 0 Å². The fraction of sp³-hybridized carbons (Fsp3) is 0.300. The minimum absolute atomic E-state index is 0.0757. The van der Waals surface area contributed by atoms with Crippen molar-refractivity contribution in [2.75, 3.05) is 0 Å². The van der Waals surface area contributed by atoms with Gasteiger partial charge < -0.3 is 9.47 Å². The predicted molar refractivity (Wildman–Crippen MR) is 86.0 cm³/mol. The number of rotatable bonds is 2. The van der Waals surface area contributed by atoms with Crippen molar-refractivity contribution < 1.29 is 9.47 Å². The minimum atomic E-state index is -0.313. The largest absolute Gasteiger partial charge is 0.465 e. The van der Waals surface area contributed by atoms with E-state index < -0.39 is 0 Å². The van der Waals surface area contributed by atoms with Crippen molar-refractivity contribution in [1.82, 2.24) is 0 Å². The maximum atomic E-state index is 6.36. The van der Waals surface area contributed by atoms with Crippen molar-refractivity contribution in [2.45, 2.75) is 31.7 Å². The van der Waals surface area contributed by atoms with Crippen LogP contribution >= 0.6 is 0 Å². The summed E-state index contributed by atoms with van der Waals surface area (Å²) in [5.74, 6) is 1.45. The van der Waals surface area contributed by atoms with Gasteiger partial charge in [-0.15, -0.1) is 0 Å². The van der Waals surface area contributed by atoms with Crippen LogP contribution in [0.4, 0.5) is 0 Å². The predicted octanol–water partition coefficient (Wildman–Crippen LogP) is 5.16. The lowest BCUT2D eigenvalue weighted by Crippen LogP contribution is -2.30. The summed E-state index contributed by atoms with van der Waals surface area (Å²) < 4.78 is 12.5. The lowest BCUT2D eigenvalue weighted by Gasteiger charge is -2.40. The molecule has 3 atom stereocenters. The fourth-order valence-corrected chi connectivity index (χ4v) is 3.40. The molecular weight excluding hydrogens is 272 g/mol. The van der Waals surface area contributed by atoms with Gasteiger partial charge in [0.1, 0.15) is 5.76 Å². The Labute approximate surface area is 131 Å². The molecule has 1 saturated heterocycles. The van der Waals surface area contributed by atoms with Crippen LogP contribution in [0.25, 0.3) is 0 Å². The van der Waals surface area contributed by atoms with Crippen LogP contribution in [-0.2, 0) is 9.47 Å². The highest BCUT2D eigenvalue weighted by Crippen LogP contribution is 2.47. The molecule has 0 aromatic heterocycles. The normalized spacial score (nSPS) is 27.5. The molecule has 1 aliphatic carbocycles. The second-order valence-electron chi connectivity index (χ2n) is 5.97. The Hall–Kier alpha value is -2.06. The Kier molecular flexibility index (Phi) is 3.69. The van der Waals surface area contributed by atoms with Gasteiger partial charge in [-0.2, -0.15) is 0 Å². The van der Waals surface area contributed by atoms with E-state index in [1.54, 1.807) is 0 Å². The van der Waals surface area contributed by atoms with Gasteiger partial charge in [-0.05, 0) is 30.9 Å². The van der Waals surface area contributed by atoms with Gasteiger partial charge >= 0.3 is 0 Å². The zero-order chi connectivity index (χ0) is 14.8. The van der Waals surface area contributed by atoms with Gasteiger partial charge in [0.2, 0.25) is 6.29 Å². The lowest BCUT2D eigenvalue weighted by atomic mass is 9.84. The molecule has 2 aromatic rings. The van der Waals surface area contributed by atoms with Gasteiger partial charge in [-0.1, -0.05) is 60.7 Å². The van der Waals surface area contributed by atoms with Crippen LogP contribution in [0.15, 0.2) is 72.5 Å². The third-order valence-electron chi connectivity index (χ3n) is 4.51. The standard InChI is InChI=1S/C20H20O2/c1-3-9-15(10-4-1)19-17-13-7-8-14-18(17)21-20(22-19)16-11-5-2-6-12-16/h1-6,9-12,14,17,19-20H,7-8,13H2. The zero-order valence-corrected chi connectivity index (χ0v) is 12.5. The van der Waals surface area contributed by atoms with E-state index in [-0.39, 0.29) is 12.4 Å². The number of fused-ring (bicyclic) bond motifs is 1. The fourth-order valence-electron chi connectivity index (χ4n) is 3.40. The molecule has 3 unspecified atom stereocenters. The van der Waals surface area contributed by atoms with E-state index in [9.17, 15) is 0 Å². The lowest BCUT2D eigenvalue weighted by molar-refractivity contribution is -0.215. The Balaban J connectivity index is 1.69. The number of hydrogen-bond acceptors (Lipinski definition) is 2. The van der Waals surface area contributed by atoms with Crippen molar-refractivity contribution in [2.24, 2.45) is 5.92 Å². The monoisotopic (exact) mass is 292 g/mol. The Morgan fingerprint density at radius 2 is 1.50 bits per heavy atom. The summed E-state index contributed by atoms with van der Waals surface area (Å²) in [4.78, 5) is 0. The molecule has 1 fully saturated rings. The molecule has 0 saturated carbocycles. The maximum absolute atomic E-state index is 6.36. The molecule has 22 heavy (non-hydrogen) atoms. The molecule has 0 amide bonds. The molecule has 0 bridgehead atoms. The molecule has 4 rings (SSSR count). The first kappa shape index (κ1) is 13.6. The van der Waals surface area contributed by atoms with Gasteiger partial charge in [-0.3, -0.25) is 0 Å². The van der Waals surface area contributed by atoms with E-state index in [4.69, 9.17) is 9.47 Å². The molecule has 2 aliphatic rings. The average Bonchev–Trinajstić information content (AvgIpc) is 2.62. The van der Waals surface area contributed by atoms with Crippen molar-refractivity contribution >= 4 is 0 Å². The smallest absolute Gasteiger partial charge is 0.226 e. The molecule has 0 radical (unpaired) electrons. The van der Waals surface area contributed by atoms with Gasteiger partial charge in [0, 0.05) is 11.5 Å². The summed E-state index contributed by atoms with van der Waals surface area (Å²) in [5.41, 5.74) is 2.32. The van der Waals surface area contributed by atoms with Crippen LogP contribution < -0.4 is 0 Å². The maximum Gasteiger partial charge on any atom is 0.226 e. The summed E-state index contributed by atoms with van der Waals surface area (Å²) in [7, 11) is 0. The van der Waals surface area contributed by atoms with Gasteiger partial charge in [-0.25, -0.2) is 0 Å². The molecular formula is C20H20O2. The van der Waals surface area contributed by atoms with Crippen LogP contribution in [0.1, 0.15) is 42.8 Å². The third kappa shape index (κ3) is 2.55. The highest BCUT2D eigenvalue weighted by Gasteiger charge is 2.38. The van der Waals surface area contributed by atoms with Gasteiger partial charge in [0.15, 0.2) is 0 Å². The number of allylic oxidation sites excluding steroid dienone is 1. The van der Waals surface area contributed by atoms with Crippen molar-refractivity contribution in [3.05, 3.63) is 83.6 Å². The zero-order valence-electron chi connectivity index (χ0n) is 12.5. The molecule has 1 aliphatic heterocycles. The minimum Gasteiger partial charge on any atom is -0.465 e. The number of ether oxygens (including phenoxy) is 2. The molecule has 112 valence electrons. The van der Waals surface area contributed by atoms with Gasteiger partial charge in [0.05, 0.1) is 6.10 Å². The van der Waals surface area contributed by atoms with Crippen molar-refractivity contribution in [1.29, 1.82) is 0 Å². The Morgan fingerprint density at radius 1 is 0.818 bits per heavy atom. The van der Waals surface area contributed by atoms with E-state index in [1.807, 2.05) is 18.2 Å². The third-order valence-corrected chi connectivity index (χ3v) is 4.51. The molecule has 0 N–H and O–H groups in total. The van der Waals surface area contributed by atoms with Crippen LogP contribution in [0.5, 0.6) is 0 Å². The SMILES string of the molecule is C1=C2OC(c3ccccc3)OC(c3ccccc3)C2CCC1. The highest BCUT2D eigenvalue weighted by molar-refractivity contribution is 5.25. The van der Waals surface area contributed by atoms with Crippen molar-refractivity contribution in [3.63, 3.8) is 0 Å². The van der Waals surface area contributed by atoms with E-state index >= 15 is 0 Å². The molecule has 2 aromatic carbocycles.